The molecular weight excluding hydrogens is 290 g/mol. The number of nitrogens with one attached hydrogen (secondary N) is 1. The highest BCUT2D eigenvalue weighted by molar-refractivity contribution is 5.89. The molecular formula is C13H15N5O4. The minimum atomic E-state index is -0.809. The lowest BCUT2D eigenvalue weighted by atomic mass is 9.88. The summed E-state index contributed by atoms with van der Waals surface area (Å²) in [4.78, 5) is 25.0. The van der Waals surface area contributed by atoms with Gasteiger partial charge in [-0.15, -0.1) is 0 Å². The number of non-ortho nitro benzene ring substituents is 1. The lowest BCUT2D eigenvalue weighted by Crippen LogP contribution is -2.52. The van der Waals surface area contributed by atoms with Crippen molar-refractivity contribution in [2.75, 3.05) is 13.1 Å². The normalized spacial score (nSPS) is 24.1. The molecule has 0 bridgehead atoms. The van der Waals surface area contributed by atoms with Crippen LogP contribution in [0.15, 0.2) is 29.4 Å². The zero-order valence-electron chi connectivity index (χ0n) is 11.9. The molecule has 2 atom stereocenters. The fourth-order valence-corrected chi connectivity index (χ4v) is 2.26. The Balaban J connectivity index is 2.12. The summed E-state index contributed by atoms with van der Waals surface area (Å²) in [5.74, 6) is -0.608. The summed E-state index contributed by atoms with van der Waals surface area (Å²) < 4.78 is 5.41. The van der Waals surface area contributed by atoms with Gasteiger partial charge in [-0.25, -0.2) is 4.79 Å². The smallest absolute Gasteiger partial charge is 0.338 e. The molecule has 9 nitrogen and oxygen atoms in total. The van der Waals surface area contributed by atoms with Crippen molar-refractivity contribution >= 4 is 11.7 Å². The van der Waals surface area contributed by atoms with Crippen molar-refractivity contribution in [1.82, 2.24) is 5.32 Å². The third-order valence-corrected chi connectivity index (χ3v) is 3.67. The quantitative estimate of drug-likeness (QED) is 0.227. The molecule has 0 aromatic heterocycles. The lowest BCUT2D eigenvalue weighted by molar-refractivity contribution is -0.384. The van der Waals surface area contributed by atoms with Gasteiger partial charge in [-0.2, -0.15) is 0 Å². The van der Waals surface area contributed by atoms with E-state index >= 15 is 0 Å². The van der Waals surface area contributed by atoms with Crippen molar-refractivity contribution < 1.29 is 14.5 Å². The van der Waals surface area contributed by atoms with Gasteiger partial charge in [0.05, 0.1) is 16.0 Å². The second-order valence-electron chi connectivity index (χ2n) is 5.20. The highest BCUT2D eigenvalue weighted by Crippen LogP contribution is 2.26. The molecule has 2 rings (SSSR count). The summed E-state index contributed by atoms with van der Waals surface area (Å²) in [6.45, 7) is 2.79. The van der Waals surface area contributed by atoms with Gasteiger partial charge in [-0.1, -0.05) is 12.0 Å². The number of nitro benzene ring substituents is 1. The fourth-order valence-electron chi connectivity index (χ4n) is 2.26. The van der Waals surface area contributed by atoms with Gasteiger partial charge in [0.1, 0.15) is 6.10 Å². The molecule has 1 heterocycles. The number of azide groups is 1. The van der Waals surface area contributed by atoms with E-state index in [2.05, 4.69) is 15.3 Å². The van der Waals surface area contributed by atoms with Crippen LogP contribution in [0.25, 0.3) is 10.4 Å². The van der Waals surface area contributed by atoms with E-state index in [-0.39, 0.29) is 11.3 Å². The summed E-state index contributed by atoms with van der Waals surface area (Å²) in [7, 11) is 0. The molecule has 0 amide bonds. The summed E-state index contributed by atoms with van der Waals surface area (Å²) in [6, 6.07) is 5.15. The molecule has 0 aliphatic carbocycles. The lowest BCUT2D eigenvalue weighted by Gasteiger charge is -2.37. The molecule has 22 heavy (non-hydrogen) atoms. The maximum absolute atomic E-state index is 12.1. The minimum absolute atomic E-state index is 0.102. The molecule has 0 radical (unpaired) electrons. The number of ether oxygens (including phenoxy) is 1. The highest BCUT2D eigenvalue weighted by atomic mass is 16.6. The second-order valence-corrected chi connectivity index (χ2v) is 5.20. The van der Waals surface area contributed by atoms with Crippen molar-refractivity contribution in [2.45, 2.75) is 25.0 Å². The number of nitro groups is 1. The molecule has 1 aliphatic rings. The van der Waals surface area contributed by atoms with Gasteiger partial charge >= 0.3 is 5.97 Å². The molecule has 1 fully saturated rings. The summed E-state index contributed by atoms with van der Waals surface area (Å²) in [5, 5.41) is 17.4. The third kappa shape index (κ3) is 3.33. The maximum Gasteiger partial charge on any atom is 0.338 e. The Morgan fingerprint density at radius 1 is 1.55 bits per heavy atom. The van der Waals surface area contributed by atoms with Crippen molar-refractivity contribution in [3.05, 3.63) is 50.4 Å². The molecule has 116 valence electrons. The van der Waals surface area contributed by atoms with E-state index in [1.807, 2.05) is 0 Å². The molecule has 1 N–H and O–H groups in total. The summed E-state index contributed by atoms with van der Waals surface area (Å²) in [6.07, 6.45) is -0.0465. The standard InChI is InChI=1S/C13H15N5O4/c1-13(16-17-14)6-7-15-8-11(13)22-12(19)9-2-4-10(5-3-9)18(20)21/h2-5,11,15H,6-8H2,1H3/t11-,13?/m0/s1. The zero-order valence-corrected chi connectivity index (χ0v) is 11.9. The average Bonchev–Trinajstić information content (AvgIpc) is 2.50. The van der Waals surface area contributed by atoms with E-state index in [9.17, 15) is 14.9 Å². The van der Waals surface area contributed by atoms with Crippen LogP contribution < -0.4 is 5.32 Å². The van der Waals surface area contributed by atoms with Gasteiger partial charge in [0, 0.05) is 23.6 Å². The Hall–Kier alpha value is -2.64. The summed E-state index contributed by atoms with van der Waals surface area (Å²) in [5.41, 5.74) is 7.97. The molecule has 1 aliphatic heterocycles. The predicted octanol–water partition coefficient (Wildman–Crippen LogP) is 2.18. The van der Waals surface area contributed by atoms with Crippen LogP contribution in [0, 0.1) is 10.1 Å². The van der Waals surface area contributed by atoms with Crippen molar-refractivity contribution in [3.8, 4) is 0 Å². The first-order chi connectivity index (χ1) is 10.5. The number of carbonyl (C=O) groups excluding carboxylic acids is 1. The van der Waals surface area contributed by atoms with E-state index in [4.69, 9.17) is 10.3 Å². The molecule has 1 unspecified atom stereocenters. The van der Waals surface area contributed by atoms with E-state index in [1.165, 1.54) is 24.3 Å². The van der Waals surface area contributed by atoms with E-state index < -0.39 is 22.5 Å². The van der Waals surface area contributed by atoms with Gasteiger partial charge in [-0.05, 0) is 30.6 Å². The fraction of sp³-hybridized carbons (Fsp3) is 0.462. The van der Waals surface area contributed by atoms with Gasteiger partial charge in [0.2, 0.25) is 0 Å². The number of piperidine rings is 1. The monoisotopic (exact) mass is 305 g/mol. The molecule has 1 aromatic rings. The molecule has 0 saturated carbocycles. The number of esters is 1. The highest BCUT2D eigenvalue weighted by Gasteiger charge is 2.38. The second kappa shape index (κ2) is 6.42. The number of hydrogen-bond donors (Lipinski definition) is 1. The Morgan fingerprint density at radius 3 is 2.82 bits per heavy atom. The topological polar surface area (TPSA) is 130 Å². The Bertz CT molecular complexity index is 626. The van der Waals surface area contributed by atoms with Crippen LogP contribution in [0.1, 0.15) is 23.7 Å². The van der Waals surface area contributed by atoms with E-state index in [1.54, 1.807) is 6.92 Å². The van der Waals surface area contributed by atoms with Crippen LogP contribution in [0.4, 0.5) is 5.69 Å². The number of carbonyl (C=O) groups is 1. The number of rotatable bonds is 4. The molecule has 1 aromatic carbocycles. The number of nitrogens with zero attached hydrogens (tertiary/aromatic N) is 4. The third-order valence-electron chi connectivity index (χ3n) is 3.67. The van der Waals surface area contributed by atoms with Crippen LogP contribution in [0.5, 0.6) is 0 Å². The van der Waals surface area contributed by atoms with Crippen LogP contribution in [0.3, 0.4) is 0 Å². The largest absolute Gasteiger partial charge is 0.457 e. The Morgan fingerprint density at radius 2 is 2.23 bits per heavy atom. The first-order valence-corrected chi connectivity index (χ1v) is 6.69. The van der Waals surface area contributed by atoms with Gasteiger partial charge < -0.3 is 10.1 Å². The predicted molar refractivity (Wildman–Crippen MR) is 77.3 cm³/mol. The molecule has 1 saturated heterocycles. The van der Waals surface area contributed by atoms with Crippen molar-refractivity contribution in [2.24, 2.45) is 5.11 Å². The van der Waals surface area contributed by atoms with E-state index in [0.29, 0.717) is 19.5 Å². The van der Waals surface area contributed by atoms with Gasteiger partial charge in [0.15, 0.2) is 0 Å². The van der Waals surface area contributed by atoms with Crippen molar-refractivity contribution in [1.29, 1.82) is 0 Å². The van der Waals surface area contributed by atoms with Crippen LogP contribution >= 0.6 is 0 Å². The minimum Gasteiger partial charge on any atom is -0.457 e. The van der Waals surface area contributed by atoms with Crippen LogP contribution in [0.2, 0.25) is 0 Å². The van der Waals surface area contributed by atoms with Crippen LogP contribution in [-0.4, -0.2) is 35.6 Å². The summed E-state index contributed by atoms with van der Waals surface area (Å²) >= 11 is 0. The number of benzene rings is 1. The Labute approximate surface area is 126 Å². The number of hydrogen-bond acceptors (Lipinski definition) is 6. The zero-order chi connectivity index (χ0) is 16.2. The Kier molecular flexibility index (Phi) is 4.59. The average molecular weight is 305 g/mol. The van der Waals surface area contributed by atoms with Gasteiger partial charge in [0.25, 0.3) is 5.69 Å². The molecule has 0 spiro atoms. The first-order valence-electron chi connectivity index (χ1n) is 6.69. The first kappa shape index (κ1) is 15.7. The van der Waals surface area contributed by atoms with Crippen molar-refractivity contribution in [3.63, 3.8) is 0 Å². The molecule has 9 heteroatoms. The maximum atomic E-state index is 12.1. The van der Waals surface area contributed by atoms with Crippen LogP contribution in [-0.2, 0) is 4.74 Å². The van der Waals surface area contributed by atoms with Gasteiger partial charge in [-0.3, -0.25) is 10.1 Å². The van der Waals surface area contributed by atoms with E-state index in [0.717, 1.165) is 0 Å². The SMILES string of the molecule is CC1(N=[N+]=[N-])CCNC[C@@H]1OC(=O)c1ccc([N+](=O)[O-])cc1.